The highest BCUT2D eigenvalue weighted by Gasteiger charge is 2.25. The standard InChI is InChI=1S/C19H22N2OS/c1-21(14-8-2-3-9-14)19(22)15-10-4-6-12-17(15)23-18-13-7-5-11-16(18)20/h4-7,10-14H,2-3,8-9,20H2,1H3. The Labute approximate surface area is 141 Å². The van der Waals surface area contributed by atoms with Crippen LogP contribution >= 0.6 is 11.8 Å². The molecule has 1 fully saturated rings. The first-order chi connectivity index (χ1) is 11.2. The quantitative estimate of drug-likeness (QED) is 0.845. The molecule has 120 valence electrons. The van der Waals surface area contributed by atoms with Crippen LogP contribution in [0.5, 0.6) is 0 Å². The monoisotopic (exact) mass is 326 g/mol. The summed E-state index contributed by atoms with van der Waals surface area (Å²) in [6.45, 7) is 0. The zero-order valence-corrected chi connectivity index (χ0v) is 14.2. The number of nitrogens with zero attached hydrogens (tertiary/aromatic N) is 1. The second-order valence-electron chi connectivity index (χ2n) is 5.99. The van der Waals surface area contributed by atoms with E-state index in [4.69, 9.17) is 5.73 Å². The van der Waals surface area contributed by atoms with Crippen molar-refractivity contribution in [3.8, 4) is 0 Å². The minimum atomic E-state index is 0.106. The van der Waals surface area contributed by atoms with Gasteiger partial charge in [-0.1, -0.05) is 48.9 Å². The van der Waals surface area contributed by atoms with Gasteiger partial charge in [-0.15, -0.1) is 0 Å². The third kappa shape index (κ3) is 3.53. The van der Waals surface area contributed by atoms with Gasteiger partial charge in [0, 0.05) is 28.6 Å². The molecule has 4 heteroatoms. The maximum absolute atomic E-state index is 12.9. The zero-order valence-electron chi connectivity index (χ0n) is 13.4. The minimum absolute atomic E-state index is 0.106. The SMILES string of the molecule is CN(C(=O)c1ccccc1Sc1ccccc1N)C1CCCC1. The normalized spacial score (nSPS) is 14.8. The number of para-hydroxylation sites is 1. The van der Waals surface area contributed by atoms with Crippen LogP contribution in [-0.4, -0.2) is 23.9 Å². The highest BCUT2D eigenvalue weighted by molar-refractivity contribution is 7.99. The van der Waals surface area contributed by atoms with E-state index in [-0.39, 0.29) is 5.91 Å². The van der Waals surface area contributed by atoms with Crippen molar-refractivity contribution < 1.29 is 4.79 Å². The maximum Gasteiger partial charge on any atom is 0.254 e. The predicted octanol–water partition coefficient (Wildman–Crippen LogP) is 4.43. The fourth-order valence-electron chi connectivity index (χ4n) is 3.07. The van der Waals surface area contributed by atoms with Crippen LogP contribution in [0.2, 0.25) is 0 Å². The molecule has 0 unspecified atom stereocenters. The summed E-state index contributed by atoms with van der Waals surface area (Å²) in [7, 11) is 1.93. The van der Waals surface area contributed by atoms with Gasteiger partial charge in [-0.05, 0) is 37.1 Å². The topological polar surface area (TPSA) is 46.3 Å². The molecule has 0 heterocycles. The Balaban J connectivity index is 1.85. The van der Waals surface area contributed by atoms with Crippen LogP contribution in [0.15, 0.2) is 58.3 Å². The van der Waals surface area contributed by atoms with E-state index in [1.807, 2.05) is 60.5 Å². The summed E-state index contributed by atoms with van der Waals surface area (Å²) in [6, 6.07) is 15.9. The highest BCUT2D eigenvalue weighted by atomic mass is 32.2. The Bertz CT molecular complexity index is 695. The number of carbonyl (C=O) groups excluding carboxylic acids is 1. The van der Waals surface area contributed by atoms with E-state index in [1.54, 1.807) is 11.8 Å². The molecule has 2 N–H and O–H groups in total. The Morgan fingerprint density at radius 3 is 2.35 bits per heavy atom. The molecule has 0 radical (unpaired) electrons. The number of carbonyl (C=O) groups is 1. The molecular weight excluding hydrogens is 304 g/mol. The molecule has 0 bridgehead atoms. The van der Waals surface area contributed by atoms with Gasteiger partial charge in [-0.2, -0.15) is 0 Å². The first kappa shape index (κ1) is 15.9. The number of hydrogen-bond acceptors (Lipinski definition) is 3. The van der Waals surface area contributed by atoms with E-state index in [1.165, 1.54) is 12.8 Å². The second kappa shape index (κ2) is 7.09. The van der Waals surface area contributed by atoms with Crippen LogP contribution < -0.4 is 5.73 Å². The molecule has 0 spiro atoms. The average Bonchev–Trinajstić information content (AvgIpc) is 3.11. The van der Waals surface area contributed by atoms with Gasteiger partial charge in [0.25, 0.3) is 5.91 Å². The minimum Gasteiger partial charge on any atom is -0.398 e. The van der Waals surface area contributed by atoms with Gasteiger partial charge >= 0.3 is 0 Å². The van der Waals surface area contributed by atoms with E-state index >= 15 is 0 Å². The van der Waals surface area contributed by atoms with Gasteiger partial charge in [-0.3, -0.25) is 4.79 Å². The number of benzene rings is 2. The van der Waals surface area contributed by atoms with Crippen molar-refractivity contribution in [2.45, 2.75) is 41.5 Å². The molecule has 1 aliphatic carbocycles. The van der Waals surface area contributed by atoms with Gasteiger partial charge < -0.3 is 10.6 Å². The number of rotatable bonds is 4. The smallest absolute Gasteiger partial charge is 0.254 e. The summed E-state index contributed by atoms with van der Waals surface area (Å²) in [5.74, 6) is 0.106. The molecule has 0 aliphatic heterocycles. The average molecular weight is 326 g/mol. The Morgan fingerprint density at radius 2 is 1.65 bits per heavy atom. The summed E-state index contributed by atoms with van der Waals surface area (Å²) in [5.41, 5.74) is 7.54. The van der Waals surface area contributed by atoms with Crippen molar-refractivity contribution in [2.24, 2.45) is 0 Å². The van der Waals surface area contributed by atoms with Crippen LogP contribution in [0.25, 0.3) is 0 Å². The highest BCUT2D eigenvalue weighted by Crippen LogP contribution is 2.35. The van der Waals surface area contributed by atoms with Crippen LogP contribution in [0.4, 0.5) is 5.69 Å². The van der Waals surface area contributed by atoms with Crippen molar-refractivity contribution in [2.75, 3.05) is 12.8 Å². The number of hydrogen-bond donors (Lipinski definition) is 1. The van der Waals surface area contributed by atoms with E-state index in [9.17, 15) is 4.79 Å². The molecule has 0 aromatic heterocycles. The predicted molar refractivity (Wildman–Crippen MR) is 95.8 cm³/mol. The van der Waals surface area contributed by atoms with Crippen molar-refractivity contribution >= 4 is 23.4 Å². The molecule has 2 aromatic carbocycles. The molecule has 23 heavy (non-hydrogen) atoms. The molecule has 0 atom stereocenters. The third-order valence-corrected chi connectivity index (χ3v) is 5.62. The number of nitrogens with two attached hydrogens (primary N) is 1. The lowest BCUT2D eigenvalue weighted by atomic mass is 10.1. The van der Waals surface area contributed by atoms with Crippen molar-refractivity contribution in [3.63, 3.8) is 0 Å². The molecule has 3 nitrogen and oxygen atoms in total. The van der Waals surface area contributed by atoms with E-state index in [0.717, 1.165) is 33.9 Å². The molecular formula is C19H22N2OS. The van der Waals surface area contributed by atoms with Gasteiger partial charge in [0.05, 0.1) is 5.56 Å². The summed E-state index contributed by atoms with van der Waals surface area (Å²) in [5, 5.41) is 0. The Hall–Kier alpha value is -1.94. The van der Waals surface area contributed by atoms with Crippen LogP contribution in [0.1, 0.15) is 36.0 Å². The summed E-state index contributed by atoms with van der Waals surface area (Å²) < 4.78 is 0. The third-order valence-electron chi connectivity index (χ3n) is 4.45. The van der Waals surface area contributed by atoms with Crippen molar-refractivity contribution in [3.05, 3.63) is 54.1 Å². The van der Waals surface area contributed by atoms with Gasteiger partial charge in [0.1, 0.15) is 0 Å². The lowest BCUT2D eigenvalue weighted by Gasteiger charge is -2.25. The maximum atomic E-state index is 12.9. The summed E-state index contributed by atoms with van der Waals surface area (Å²) in [4.78, 5) is 16.8. The van der Waals surface area contributed by atoms with Crippen molar-refractivity contribution in [1.29, 1.82) is 0 Å². The molecule has 1 amide bonds. The second-order valence-corrected chi connectivity index (χ2v) is 7.07. The lowest BCUT2D eigenvalue weighted by molar-refractivity contribution is 0.0731. The summed E-state index contributed by atoms with van der Waals surface area (Å²) in [6.07, 6.45) is 4.67. The van der Waals surface area contributed by atoms with E-state index in [2.05, 4.69) is 0 Å². The molecule has 3 rings (SSSR count). The Kier molecular flexibility index (Phi) is 4.91. The first-order valence-corrected chi connectivity index (χ1v) is 8.87. The number of amides is 1. The number of nitrogen functional groups attached to an aromatic ring is 1. The zero-order chi connectivity index (χ0) is 16.2. The largest absolute Gasteiger partial charge is 0.398 e. The van der Waals surface area contributed by atoms with Gasteiger partial charge in [0.15, 0.2) is 0 Å². The number of anilines is 1. The first-order valence-electron chi connectivity index (χ1n) is 8.05. The van der Waals surface area contributed by atoms with Gasteiger partial charge in [-0.25, -0.2) is 0 Å². The fourth-order valence-corrected chi connectivity index (χ4v) is 4.05. The van der Waals surface area contributed by atoms with Gasteiger partial charge in [0.2, 0.25) is 0 Å². The fraction of sp³-hybridized carbons (Fsp3) is 0.316. The van der Waals surface area contributed by atoms with Crippen LogP contribution in [0, 0.1) is 0 Å². The molecule has 1 saturated carbocycles. The lowest BCUT2D eigenvalue weighted by Crippen LogP contribution is -2.35. The molecule has 2 aromatic rings. The van der Waals surface area contributed by atoms with E-state index < -0.39 is 0 Å². The van der Waals surface area contributed by atoms with Crippen LogP contribution in [0.3, 0.4) is 0 Å². The Morgan fingerprint density at radius 1 is 1.04 bits per heavy atom. The van der Waals surface area contributed by atoms with Crippen molar-refractivity contribution in [1.82, 2.24) is 4.90 Å². The van der Waals surface area contributed by atoms with Crippen LogP contribution in [-0.2, 0) is 0 Å². The summed E-state index contributed by atoms with van der Waals surface area (Å²) >= 11 is 1.56. The van der Waals surface area contributed by atoms with E-state index in [0.29, 0.717) is 6.04 Å². The molecule has 0 saturated heterocycles. The molecule has 1 aliphatic rings.